The molecular weight excluding hydrogens is 172 g/mol. The molecule has 0 fully saturated rings. The maximum absolute atomic E-state index is 11.3. The van der Waals surface area contributed by atoms with Gasteiger partial charge in [0.25, 0.3) is 5.56 Å². The number of aryl methyl sites for hydroxylation is 1. The molecule has 0 atom stereocenters. The lowest BCUT2D eigenvalue weighted by molar-refractivity contribution is 0.802. The van der Waals surface area contributed by atoms with Crippen LogP contribution < -0.4 is 5.56 Å². The lowest BCUT2D eigenvalue weighted by Crippen LogP contribution is -2.19. The van der Waals surface area contributed by atoms with Gasteiger partial charge in [-0.1, -0.05) is 0 Å². The summed E-state index contributed by atoms with van der Waals surface area (Å²) in [5, 5.41) is 6.44. The number of hydrogen-bond donors (Lipinski definition) is 1. The monoisotopic (exact) mass is 182 g/mol. The van der Waals surface area contributed by atoms with Crippen molar-refractivity contribution >= 4 is 11.8 Å². The third-order valence-corrected chi connectivity index (χ3v) is 3.34. The average molecular weight is 182 g/mol. The second kappa shape index (κ2) is 2.94. The van der Waals surface area contributed by atoms with Crippen molar-refractivity contribution in [2.75, 3.05) is 5.75 Å². The number of hydrogen-bond acceptors (Lipinski definition) is 3. The van der Waals surface area contributed by atoms with Crippen molar-refractivity contribution in [1.29, 1.82) is 0 Å². The van der Waals surface area contributed by atoms with E-state index in [1.807, 2.05) is 6.92 Å². The highest BCUT2D eigenvalue weighted by Gasteiger charge is 2.15. The van der Waals surface area contributed by atoms with E-state index >= 15 is 0 Å². The van der Waals surface area contributed by atoms with Crippen LogP contribution in [0.5, 0.6) is 0 Å². The van der Waals surface area contributed by atoms with E-state index in [1.165, 1.54) is 0 Å². The Hall–Kier alpha value is -0.770. The first kappa shape index (κ1) is 7.86. The maximum Gasteiger partial charge on any atom is 0.268 e. The minimum Gasteiger partial charge on any atom is -0.268 e. The number of nitrogens with one attached hydrogen (secondary N) is 1. The van der Waals surface area contributed by atoms with Gasteiger partial charge < -0.3 is 0 Å². The fourth-order valence-electron chi connectivity index (χ4n) is 1.42. The van der Waals surface area contributed by atoms with Crippen LogP contribution in [0.2, 0.25) is 0 Å². The molecule has 1 aromatic rings. The molecule has 0 radical (unpaired) electrons. The first-order chi connectivity index (χ1) is 5.79. The highest BCUT2D eigenvalue weighted by Crippen LogP contribution is 2.28. The summed E-state index contributed by atoms with van der Waals surface area (Å²) in [6, 6.07) is 0. The number of nitrogens with zero attached hydrogens (tertiary/aromatic N) is 1. The van der Waals surface area contributed by atoms with Crippen LogP contribution in [0, 0.1) is 6.92 Å². The van der Waals surface area contributed by atoms with Crippen LogP contribution in [0.3, 0.4) is 0 Å². The second-order valence-electron chi connectivity index (χ2n) is 2.90. The van der Waals surface area contributed by atoms with Crippen LogP contribution in [0.15, 0.2) is 9.69 Å². The van der Waals surface area contributed by atoms with E-state index in [2.05, 4.69) is 10.2 Å². The first-order valence-corrected chi connectivity index (χ1v) is 4.98. The predicted octanol–water partition coefficient (Wildman–Crippen LogP) is 1.12. The van der Waals surface area contributed by atoms with Crippen LogP contribution >= 0.6 is 11.8 Å². The van der Waals surface area contributed by atoms with E-state index in [4.69, 9.17) is 0 Å². The van der Waals surface area contributed by atoms with Crippen molar-refractivity contribution < 1.29 is 0 Å². The molecule has 0 saturated heterocycles. The molecule has 0 aliphatic carbocycles. The first-order valence-electron chi connectivity index (χ1n) is 4.00. The Morgan fingerprint density at radius 3 is 3.17 bits per heavy atom. The summed E-state index contributed by atoms with van der Waals surface area (Å²) in [6.45, 7) is 1.94. The summed E-state index contributed by atoms with van der Waals surface area (Å²) >= 11 is 1.75. The van der Waals surface area contributed by atoms with Gasteiger partial charge in [0.2, 0.25) is 0 Å². The normalized spacial score (nSPS) is 15.8. The Balaban J connectivity index is 2.64. The molecule has 0 aromatic carbocycles. The van der Waals surface area contributed by atoms with E-state index in [0.29, 0.717) is 0 Å². The van der Waals surface area contributed by atoms with E-state index in [-0.39, 0.29) is 5.56 Å². The minimum absolute atomic E-state index is 0.0113. The Labute approximate surface area is 74.6 Å². The lowest BCUT2D eigenvalue weighted by atomic mass is 10.1. The van der Waals surface area contributed by atoms with E-state index in [0.717, 1.165) is 34.7 Å². The molecule has 4 heteroatoms. The van der Waals surface area contributed by atoms with Crippen molar-refractivity contribution in [3.05, 3.63) is 21.6 Å². The molecule has 3 nitrogen and oxygen atoms in total. The summed E-state index contributed by atoms with van der Waals surface area (Å²) in [6.07, 6.45) is 2.01. The molecule has 0 bridgehead atoms. The SMILES string of the molecule is Cc1n[nH]c(=O)c2c1SCCC2. The second-order valence-corrected chi connectivity index (χ2v) is 4.00. The molecular formula is C8H10N2OS. The third-order valence-electron chi connectivity index (χ3n) is 2.02. The fraction of sp³-hybridized carbons (Fsp3) is 0.500. The zero-order chi connectivity index (χ0) is 8.55. The van der Waals surface area contributed by atoms with Crippen LogP contribution in [0.25, 0.3) is 0 Å². The zero-order valence-corrected chi connectivity index (χ0v) is 7.70. The van der Waals surface area contributed by atoms with Gasteiger partial charge in [0.1, 0.15) is 0 Å². The van der Waals surface area contributed by atoms with Crippen LogP contribution in [-0.2, 0) is 6.42 Å². The van der Waals surface area contributed by atoms with Crippen LogP contribution in [0.4, 0.5) is 0 Å². The largest absolute Gasteiger partial charge is 0.268 e. The molecule has 12 heavy (non-hydrogen) atoms. The van der Waals surface area contributed by atoms with E-state index in [9.17, 15) is 4.79 Å². The molecule has 0 spiro atoms. The number of aromatic nitrogens is 2. The molecule has 2 heterocycles. The fourth-order valence-corrected chi connectivity index (χ4v) is 2.53. The summed E-state index contributed by atoms with van der Waals surface area (Å²) in [5.41, 5.74) is 1.87. The Morgan fingerprint density at radius 2 is 2.42 bits per heavy atom. The smallest absolute Gasteiger partial charge is 0.268 e. The molecule has 2 rings (SSSR count). The Morgan fingerprint density at radius 1 is 1.58 bits per heavy atom. The van der Waals surface area contributed by atoms with Crippen LogP contribution in [0.1, 0.15) is 17.7 Å². The van der Waals surface area contributed by atoms with Crippen molar-refractivity contribution in [1.82, 2.24) is 10.2 Å². The maximum atomic E-state index is 11.3. The highest BCUT2D eigenvalue weighted by molar-refractivity contribution is 7.99. The van der Waals surface area contributed by atoms with Gasteiger partial charge in [0.05, 0.1) is 5.69 Å². The number of rotatable bonds is 0. The van der Waals surface area contributed by atoms with Gasteiger partial charge in [-0.25, -0.2) is 5.10 Å². The zero-order valence-electron chi connectivity index (χ0n) is 6.89. The Bertz CT molecular complexity index is 359. The molecule has 1 aliphatic heterocycles. The third kappa shape index (κ3) is 1.16. The standard InChI is InChI=1S/C8H10N2OS/c1-5-7-6(3-2-4-12-7)8(11)10-9-5/h2-4H2,1H3,(H,10,11). The summed E-state index contributed by atoms with van der Waals surface area (Å²) in [5.74, 6) is 1.11. The van der Waals surface area contributed by atoms with Gasteiger partial charge >= 0.3 is 0 Å². The topological polar surface area (TPSA) is 45.8 Å². The lowest BCUT2D eigenvalue weighted by Gasteiger charge is -2.14. The van der Waals surface area contributed by atoms with Crippen molar-refractivity contribution in [2.45, 2.75) is 24.7 Å². The van der Waals surface area contributed by atoms with Gasteiger partial charge in [0, 0.05) is 10.5 Å². The van der Waals surface area contributed by atoms with Crippen molar-refractivity contribution in [3.8, 4) is 0 Å². The molecule has 1 aliphatic rings. The van der Waals surface area contributed by atoms with E-state index in [1.54, 1.807) is 11.8 Å². The quantitative estimate of drug-likeness (QED) is 0.654. The minimum atomic E-state index is -0.0113. The summed E-state index contributed by atoms with van der Waals surface area (Å²) in [7, 11) is 0. The van der Waals surface area contributed by atoms with Gasteiger partial charge in [0.15, 0.2) is 0 Å². The molecule has 64 valence electrons. The number of thioether (sulfide) groups is 1. The average Bonchev–Trinajstić information content (AvgIpc) is 2.12. The van der Waals surface area contributed by atoms with Crippen molar-refractivity contribution in [2.24, 2.45) is 0 Å². The molecule has 0 amide bonds. The van der Waals surface area contributed by atoms with E-state index < -0.39 is 0 Å². The summed E-state index contributed by atoms with van der Waals surface area (Å²) in [4.78, 5) is 12.4. The number of H-pyrrole nitrogens is 1. The molecule has 1 aromatic heterocycles. The van der Waals surface area contributed by atoms with Crippen LogP contribution in [-0.4, -0.2) is 16.0 Å². The highest BCUT2D eigenvalue weighted by atomic mass is 32.2. The Kier molecular flexibility index (Phi) is 1.92. The van der Waals surface area contributed by atoms with Gasteiger partial charge in [-0.15, -0.1) is 11.8 Å². The predicted molar refractivity (Wildman–Crippen MR) is 48.6 cm³/mol. The molecule has 1 N–H and O–H groups in total. The van der Waals surface area contributed by atoms with Crippen molar-refractivity contribution in [3.63, 3.8) is 0 Å². The van der Waals surface area contributed by atoms with Gasteiger partial charge in [-0.2, -0.15) is 5.10 Å². The molecule has 0 saturated carbocycles. The molecule has 0 unspecified atom stereocenters. The number of aromatic amines is 1. The number of fused-ring (bicyclic) bond motifs is 1. The summed E-state index contributed by atoms with van der Waals surface area (Å²) < 4.78 is 0. The van der Waals surface area contributed by atoms with Gasteiger partial charge in [-0.3, -0.25) is 4.79 Å². The van der Waals surface area contributed by atoms with Gasteiger partial charge in [-0.05, 0) is 25.5 Å².